The van der Waals surface area contributed by atoms with Gasteiger partial charge in [0.05, 0.1) is 12.2 Å². The second kappa shape index (κ2) is 5.68. The van der Waals surface area contributed by atoms with Gasteiger partial charge in [-0.25, -0.2) is 0 Å². The average Bonchev–Trinajstić information content (AvgIpc) is 2.45. The molecular formula is C15H22N2O3S. The molecule has 0 spiro atoms. The molecule has 2 aliphatic heterocycles. The lowest BCUT2D eigenvalue weighted by molar-refractivity contribution is -0.0455. The van der Waals surface area contributed by atoms with Crippen LogP contribution >= 0.6 is 0 Å². The summed E-state index contributed by atoms with van der Waals surface area (Å²) in [6.07, 6.45) is 0.673. The average molecular weight is 310 g/mol. The van der Waals surface area contributed by atoms with Crippen LogP contribution < -0.4 is 0 Å². The van der Waals surface area contributed by atoms with Crippen LogP contribution in [0.1, 0.15) is 25.0 Å². The van der Waals surface area contributed by atoms with Crippen LogP contribution in [0.3, 0.4) is 0 Å². The molecule has 2 aliphatic rings. The summed E-state index contributed by atoms with van der Waals surface area (Å²) in [4.78, 5) is 0. The number of nitrogens with zero attached hydrogens (tertiary/aromatic N) is 2. The van der Waals surface area contributed by atoms with E-state index < -0.39 is 10.2 Å². The molecule has 0 radical (unpaired) electrons. The van der Waals surface area contributed by atoms with Crippen molar-refractivity contribution in [3.63, 3.8) is 0 Å². The van der Waals surface area contributed by atoms with E-state index in [1.165, 1.54) is 5.56 Å². The molecule has 2 heterocycles. The van der Waals surface area contributed by atoms with Crippen LogP contribution in [0, 0.1) is 0 Å². The Bertz CT molecular complexity index is 607. The molecule has 2 atom stereocenters. The maximum Gasteiger partial charge on any atom is 0.282 e. The van der Waals surface area contributed by atoms with Gasteiger partial charge in [-0.2, -0.15) is 17.0 Å². The Balaban J connectivity index is 1.80. The third kappa shape index (κ3) is 2.99. The summed E-state index contributed by atoms with van der Waals surface area (Å²) in [6, 6.07) is 8.07. The largest absolute Gasteiger partial charge is 0.373 e. The monoisotopic (exact) mass is 310 g/mol. The van der Waals surface area contributed by atoms with Gasteiger partial charge in [0.25, 0.3) is 10.2 Å². The van der Waals surface area contributed by atoms with Gasteiger partial charge < -0.3 is 4.74 Å². The first-order valence-electron chi connectivity index (χ1n) is 7.44. The van der Waals surface area contributed by atoms with Crippen LogP contribution in [0.2, 0.25) is 0 Å². The quantitative estimate of drug-likeness (QED) is 0.829. The van der Waals surface area contributed by atoms with Crippen LogP contribution in [0.4, 0.5) is 0 Å². The minimum atomic E-state index is -3.41. The molecule has 5 nitrogen and oxygen atoms in total. The SMILES string of the molecule is C[C@@H]1CN(S(=O)(=O)N2CCc3ccccc3C2)C[C@@H](C)O1. The van der Waals surface area contributed by atoms with E-state index in [-0.39, 0.29) is 12.2 Å². The molecule has 0 saturated carbocycles. The fraction of sp³-hybridized carbons (Fsp3) is 0.600. The van der Waals surface area contributed by atoms with Gasteiger partial charge in [-0.05, 0) is 31.4 Å². The Labute approximate surface area is 126 Å². The molecular weight excluding hydrogens is 288 g/mol. The zero-order valence-electron chi connectivity index (χ0n) is 12.5. The normalized spacial score (nSPS) is 28.3. The highest BCUT2D eigenvalue weighted by Gasteiger charge is 2.36. The second-order valence-electron chi connectivity index (χ2n) is 5.93. The minimum absolute atomic E-state index is 0.0550. The van der Waals surface area contributed by atoms with Crippen molar-refractivity contribution in [1.82, 2.24) is 8.61 Å². The van der Waals surface area contributed by atoms with Crippen molar-refractivity contribution in [2.24, 2.45) is 0 Å². The summed E-state index contributed by atoms with van der Waals surface area (Å²) < 4.78 is 34.5. The van der Waals surface area contributed by atoms with E-state index in [2.05, 4.69) is 6.07 Å². The van der Waals surface area contributed by atoms with Crippen molar-refractivity contribution in [2.75, 3.05) is 19.6 Å². The fourth-order valence-corrected chi connectivity index (χ4v) is 4.90. The van der Waals surface area contributed by atoms with Crippen LogP contribution in [-0.4, -0.2) is 48.9 Å². The molecule has 21 heavy (non-hydrogen) atoms. The van der Waals surface area contributed by atoms with E-state index in [1.807, 2.05) is 32.0 Å². The van der Waals surface area contributed by atoms with Gasteiger partial charge in [0.15, 0.2) is 0 Å². The van der Waals surface area contributed by atoms with E-state index in [0.29, 0.717) is 26.2 Å². The van der Waals surface area contributed by atoms with Crippen LogP contribution in [0.15, 0.2) is 24.3 Å². The third-order valence-electron chi connectivity index (χ3n) is 4.13. The summed E-state index contributed by atoms with van der Waals surface area (Å²) in [5, 5.41) is 0. The lowest BCUT2D eigenvalue weighted by Gasteiger charge is -2.38. The van der Waals surface area contributed by atoms with Gasteiger partial charge >= 0.3 is 0 Å². The molecule has 0 bridgehead atoms. The zero-order chi connectivity index (χ0) is 15.0. The smallest absolute Gasteiger partial charge is 0.282 e. The van der Waals surface area contributed by atoms with Gasteiger partial charge in [-0.15, -0.1) is 0 Å². The molecule has 1 aromatic carbocycles. The van der Waals surface area contributed by atoms with Crippen molar-refractivity contribution in [3.05, 3.63) is 35.4 Å². The molecule has 0 aromatic heterocycles. The number of benzene rings is 1. The molecule has 0 N–H and O–H groups in total. The molecule has 6 heteroatoms. The number of ether oxygens (including phenoxy) is 1. The van der Waals surface area contributed by atoms with Gasteiger partial charge in [0, 0.05) is 26.2 Å². The molecule has 0 unspecified atom stereocenters. The van der Waals surface area contributed by atoms with E-state index in [4.69, 9.17) is 4.74 Å². The second-order valence-corrected chi connectivity index (χ2v) is 7.86. The molecule has 3 rings (SSSR count). The Kier molecular flexibility index (Phi) is 4.05. The Morgan fingerprint density at radius 1 is 1.05 bits per heavy atom. The lowest BCUT2D eigenvalue weighted by atomic mass is 10.0. The summed E-state index contributed by atoms with van der Waals surface area (Å²) in [6.45, 7) is 5.74. The Morgan fingerprint density at radius 3 is 2.33 bits per heavy atom. The molecule has 1 aromatic rings. The summed E-state index contributed by atoms with van der Waals surface area (Å²) in [5.41, 5.74) is 2.37. The fourth-order valence-electron chi connectivity index (χ4n) is 3.15. The van der Waals surface area contributed by atoms with Crippen LogP contribution in [0.5, 0.6) is 0 Å². The summed E-state index contributed by atoms with van der Waals surface area (Å²) in [7, 11) is -3.41. The highest BCUT2D eigenvalue weighted by atomic mass is 32.2. The van der Waals surface area contributed by atoms with E-state index in [9.17, 15) is 8.42 Å². The van der Waals surface area contributed by atoms with Crippen molar-refractivity contribution in [3.8, 4) is 0 Å². The summed E-state index contributed by atoms with van der Waals surface area (Å²) in [5.74, 6) is 0. The number of rotatable bonds is 2. The minimum Gasteiger partial charge on any atom is -0.373 e. The maximum absolute atomic E-state index is 12.8. The maximum atomic E-state index is 12.8. The van der Waals surface area contributed by atoms with Crippen LogP contribution in [-0.2, 0) is 27.9 Å². The molecule has 116 valence electrons. The number of fused-ring (bicyclic) bond motifs is 1. The lowest BCUT2D eigenvalue weighted by Crippen LogP contribution is -2.53. The van der Waals surface area contributed by atoms with E-state index in [1.54, 1.807) is 8.61 Å². The van der Waals surface area contributed by atoms with Crippen LogP contribution in [0.25, 0.3) is 0 Å². The first-order valence-corrected chi connectivity index (χ1v) is 8.84. The van der Waals surface area contributed by atoms with E-state index in [0.717, 1.165) is 12.0 Å². The zero-order valence-corrected chi connectivity index (χ0v) is 13.3. The Morgan fingerprint density at radius 2 is 1.67 bits per heavy atom. The van der Waals surface area contributed by atoms with Crippen molar-refractivity contribution >= 4 is 10.2 Å². The number of hydrogen-bond donors (Lipinski definition) is 0. The highest BCUT2D eigenvalue weighted by Crippen LogP contribution is 2.24. The van der Waals surface area contributed by atoms with Crippen molar-refractivity contribution < 1.29 is 13.2 Å². The van der Waals surface area contributed by atoms with Gasteiger partial charge in [-0.1, -0.05) is 24.3 Å². The predicted molar refractivity (Wildman–Crippen MR) is 81.1 cm³/mol. The first-order chi connectivity index (χ1) is 9.96. The summed E-state index contributed by atoms with van der Waals surface area (Å²) >= 11 is 0. The molecule has 1 saturated heterocycles. The first kappa shape index (κ1) is 15.0. The third-order valence-corrected chi connectivity index (χ3v) is 6.05. The van der Waals surface area contributed by atoms with Gasteiger partial charge in [0.2, 0.25) is 0 Å². The van der Waals surface area contributed by atoms with Crippen molar-refractivity contribution in [1.29, 1.82) is 0 Å². The Hall–Kier alpha value is -0.950. The van der Waals surface area contributed by atoms with Gasteiger partial charge in [-0.3, -0.25) is 0 Å². The molecule has 0 amide bonds. The standard InChI is InChI=1S/C15H22N2O3S/c1-12-9-17(10-13(2)20-12)21(18,19)16-8-7-14-5-3-4-6-15(14)11-16/h3-6,12-13H,7-11H2,1-2H3/t12-,13-/m1/s1. The number of hydrogen-bond acceptors (Lipinski definition) is 3. The predicted octanol–water partition coefficient (Wildman–Crippen LogP) is 1.40. The number of morpholine rings is 1. The van der Waals surface area contributed by atoms with Gasteiger partial charge in [0.1, 0.15) is 0 Å². The highest BCUT2D eigenvalue weighted by molar-refractivity contribution is 7.86. The molecule has 0 aliphatic carbocycles. The van der Waals surface area contributed by atoms with Crippen molar-refractivity contribution in [2.45, 2.75) is 39.0 Å². The van der Waals surface area contributed by atoms with E-state index >= 15 is 0 Å². The molecule has 1 fully saturated rings. The topological polar surface area (TPSA) is 49.9 Å².